The Labute approximate surface area is 88.4 Å². The van der Waals surface area contributed by atoms with Crippen LogP contribution in [0.2, 0.25) is 0 Å². The van der Waals surface area contributed by atoms with Crippen LogP contribution in [0, 0.1) is 5.92 Å². The molecule has 0 aromatic carbocycles. The average molecular weight is 199 g/mol. The third kappa shape index (κ3) is 4.97. The second-order valence-electron chi connectivity index (χ2n) is 5.64. The molecule has 1 fully saturated rings. The molecule has 0 saturated heterocycles. The summed E-state index contributed by atoms with van der Waals surface area (Å²) in [6, 6.07) is 0.569. The Morgan fingerprint density at radius 3 is 2.43 bits per heavy atom. The van der Waals surface area contributed by atoms with Gasteiger partial charge in [-0.25, -0.2) is 0 Å². The van der Waals surface area contributed by atoms with Crippen LogP contribution in [-0.2, 0) is 4.84 Å². The fraction of sp³-hybridized carbons (Fsp3) is 1.00. The van der Waals surface area contributed by atoms with Gasteiger partial charge in [-0.15, -0.1) is 0 Å². The Kier molecular flexibility index (Phi) is 4.39. The van der Waals surface area contributed by atoms with E-state index in [0.717, 1.165) is 5.92 Å². The molecule has 0 bridgehead atoms. The highest BCUT2D eigenvalue weighted by Crippen LogP contribution is 2.23. The van der Waals surface area contributed by atoms with Crippen molar-refractivity contribution in [2.75, 3.05) is 0 Å². The number of nitrogens with one attached hydrogen (secondary N) is 1. The maximum atomic E-state index is 5.61. The minimum atomic E-state index is -0.0715. The molecule has 2 nitrogen and oxygen atoms in total. The summed E-state index contributed by atoms with van der Waals surface area (Å²) in [5.74, 6) is 0.899. The van der Waals surface area contributed by atoms with E-state index in [4.69, 9.17) is 4.84 Å². The van der Waals surface area contributed by atoms with Crippen molar-refractivity contribution >= 4 is 0 Å². The molecule has 2 unspecified atom stereocenters. The minimum absolute atomic E-state index is 0.0715. The summed E-state index contributed by atoms with van der Waals surface area (Å²) in [4.78, 5) is 5.61. The van der Waals surface area contributed by atoms with Crippen molar-refractivity contribution < 1.29 is 4.84 Å². The van der Waals surface area contributed by atoms with Gasteiger partial charge in [-0.05, 0) is 46.0 Å². The summed E-state index contributed by atoms with van der Waals surface area (Å²) in [5.41, 5.74) is 3.15. The van der Waals surface area contributed by atoms with E-state index in [1.165, 1.54) is 32.1 Å². The minimum Gasteiger partial charge on any atom is -0.296 e. The van der Waals surface area contributed by atoms with Crippen LogP contribution in [0.1, 0.15) is 59.8 Å². The molecule has 2 atom stereocenters. The van der Waals surface area contributed by atoms with E-state index in [2.05, 4.69) is 33.2 Å². The Morgan fingerprint density at radius 1 is 1.07 bits per heavy atom. The Hall–Kier alpha value is -0.0800. The number of rotatable bonds is 2. The standard InChI is InChI=1S/C12H25NO/c1-10-6-5-7-11(9-8-10)13-14-12(2,3)4/h10-11,13H,5-9H2,1-4H3. The molecule has 0 aromatic heterocycles. The Balaban J connectivity index is 2.24. The van der Waals surface area contributed by atoms with E-state index in [0.29, 0.717) is 6.04 Å². The average Bonchev–Trinajstić information content (AvgIpc) is 2.25. The lowest BCUT2D eigenvalue weighted by Crippen LogP contribution is -2.36. The van der Waals surface area contributed by atoms with Crippen LogP contribution in [0.25, 0.3) is 0 Å². The van der Waals surface area contributed by atoms with Crippen LogP contribution < -0.4 is 5.48 Å². The van der Waals surface area contributed by atoms with E-state index in [-0.39, 0.29) is 5.60 Å². The number of hydrogen-bond acceptors (Lipinski definition) is 2. The van der Waals surface area contributed by atoms with Crippen LogP contribution in [0.3, 0.4) is 0 Å². The van der Waals surface area contributed by atoms with Gasteiger partial charge in [-0.3, -0.25) is 4.84 Å². The lowest BCUT2D eigenvalue weighted by Gasteiger charge is -2.24. The molecule has 2 heteroatoms. The van der Waals surface area contributed by atoms with Gasteiger partial charge in [0.15, 0.2) is 0 Å². The molecule has 1 N–H and O–H groups in total. The van der Waals surface area contributed by atoms with Crippen molar-refractivity contribution in [3.8, 4) is 0 Å². The summed E-state index contributed by atoms with van der Waals surface area (Å²) in [7, 11) is 0. The highest BCUT2D eigenvalue weighted by molar-refractivity contribution is 4.71. The molecule has 0 aromatic rings. The van der Waals surface area contributed by atoms with Gasteiger partial charge < -0.3 is 0 Å². The van der Waals surface area contributed by atoms with Gasteiger partial charge in [0.2, 0.25) is 0 Å². The van der Waals surface area contributed by atoms with Crippen molar-refractivity contribution in [1.82, 2.24) is 5.48 Å². The number of hydrogen-bond donors (Lipinski definition) is 1. The third-order valence-electron chi connectivity index (χ3n) is 2.79. The molecule has 0 aliphatic heterocycles. The molecule has 0 heterocycles. The number of hydroxylamine groups is 1. The quantitative estimate of drug-likeness (QED) is 0.544. The molecular weight excluding hydrogens is 174 g/mol. The van der Waals surface area contributed by atoms with Crippen molar-refractivity contribution in [3.05, 3.63) is 0 Å². The van der Waals surface area contributed by atoms with E-state index in [1.807, 2.05) is 0 Å². The molecule has 0 radical (unpaired) electrons. The first-order valence-electron chi connectivity index (χ1n) is 5.91. The van der Waals surface area contributed by atoms with Crippen molar-refractivity contribution in [3.63, 3.8) is 0 Å². The summed E-state index contributed by atoms with van der Waals surface area (Å²) < 4.78 is 0. The Bertz CT molecular complexity index is 162. The van der Waals surface area contributed by atoms with E-state index in [1.54, 1.807) is 0 Å². The maximum absolute atomic E-state index is 5.61. The predicted molar refractivity (Wildman–Crippen MR) is 60.0 cm³/mol. The summed E-state index contributed by atoms with van der Waals surface area (Å²) in [5, 5.41) is 0. The molecule has 1 aliphatic carbocycles. The lowest BCUT2D eigenvalue weighted by molar-refractivity contribution is -0.0901. The van der Waals surface area contributed by atoms with E-state index in [9.17, 15) is 0 Å². The predicted octanol–water partition coefficient (Wildman–Crippen LogP) is 3.27. The molecule has 84 valence electrons. The van der Waals surface area contributed by atoms with E-state index < -0.39 is 0 Å². The first kappa shape index (κ1) is 12.0. The van der Waals surface area contributed by atoms with Crippen LogP contribution in [0.4, 0.5) is 0 Å². The molecule has 14 heavy (non-hydrogen) atoms. The maximum Gasteiger partial charge on any atom is 0.0813 e. The van der Waals surface area contributed by atoms with Gasteiger partial charge in [0.05, 0.1) is 5.60 Å². The normalized spacial score (nSPS) is 30.0. The molecule has 0 spiro atoms. The lowest BCUT2D eigenvalue weighted by atomic mass is 10.0. The largest absolute Gasteiger partial charge is 0.296 e. The van der Waals surface area contributed by atoms with Gasteiger partial charge >= 0.3 is 0 Å². The highest BCUT2D eigenvalue weighted by Gasteiger charge is 2.18. The first-order valence-corrected chi connectivity index (χ1v) is 5.91. The van der Waals surface area contributed by atoms with Crippen LogP contribution in [0.5, 0.6) is 0 Å². The van der Waals surface area contributed by atoms with Crippen molar-refractivity contribution in [1.29, 1.82) is 0 Å². The topological polar surface area (TPSA) is 21.3 Å². The molecular formula is C12H25NO. The summed E-state index contributed by atoms with van der Waals surface area (Å²) in [6.07, 6.45) is 6.59. The summed E-state index contributed by atoms with van der Waals surface area (Å²) >= 11 is 0. The van der Waals surface area contributed by atoms with Gasteiger partial charge in [0.1, 0.15) is 0 Å². The molecule has 1 aliphatic rings. The fourth-order valence-corrected chi connectivity index (χ4v) is 1.87. The highest BCUT2D eigenvalue weighted by atomic mass is 16.7. The second-order valence-corrected chi connectivity index (χ2v) is 5.64. The SMILES string of the molecule is CC1CCCC(NOC(C)(C)C)CC1. The zero-order chi connectivity index (χ0) is 10.6. The van der Waals surface area contributed by atoms with Crippen LogP contribution in [-0.4, -0.2) is 11.6 Å². The van der Waals surface area contributed by atoms with Crippen molar-refractivity contribution in [2.45, 2.75) is 71.4 Å². The smallest absolute Gasteiger partial charge is 0.0813 e. The summed E-state index contributed by atoms with van der Waals surface area (Å²) in [6.45, 7) is 8.60. The van der Waals surface area contributed by atoms with Gasteiger partial charge in [-0.2, -0.15) is 5.48 Å². The van der Waals surface area contributed by atoms with Crippen molar-refractivity contribution in [2.24, 2.45) is 5.92 Å². The zero-order valence-electron chi connectivity index (χ0n) is 10.1. The van der Waals surface area contributed by atoms with Gasteiger partial charge in [0, 0.05) is 6.04 Å². The van der Waals surface area contributed by atoms with Crippen LogP contribution in [0.15, 0.2) is 0 Å². The molecule has 1 saturated carbocycles. The van der Waals surface area contributed by atoms with Gasteiger partial charge in [0.25, 0.3) is 0 Å². The Morgan fingerprint density at radius 2 is 1.79 bits per heavy atom. The second kappa shape index (κ2) is 5.13. The van der Waals surface area contributed by atoms with Crippen LogP contribution >= 0.6 is 0 Å². The molecule has 0 amide bonds. The van der Waals surface area contributed by atoms with E-state index >= 15 is 0 Å². The molecule has 1 rings (SSSR count). The monoisotopic (exact) mass is 199 g/mol. The third-order valence-corrected chi connectivity index (χ3v) is 2.79. The van der Waals surface area contributed by atoms with Gasteiger partial charge in [-0.1, -0.05) is 19.8 Å². The first-order chi connectivity index (χ1) is 6.47. The zero-order valence-corrected chi connectivity index (χ0v) is 10.1. The fourth-order valence-electron chi connectivity index (χ4n) is 1.87.